The fraction of sp³-hybridized carbons (Fsp3) is 1.00. The van der Waals surface area contributed by atoms with Crippen LogP contribution in [0.5, 0.6) is 0 Å². The minimum atomic E-state index is 0.792. The third-order valence-corrected chi connectivity index (χ3v) is 1.97. The number of hydrogen-bond acceptors (Lipinski definition) is 3. The minimum absolute atomic E-state index is 0.792. The van der Waals surface area contributed by atoms with Crippen molar-refractivity contribution in [2.45, 2.75) is 12.8 Å². The molecule has 0 saturated carbocycles. The van der Waals surface area contributed by atoms with Crippen LogP contribution in [0.15, 0.2) is 0 Å². The van der Waals surface area contributed by atoms with E-state index < -0.39 is 0 Å². The molecule has 0 aromatic carbocycles. The van der Waals surface area contributed by atoms with E-state index in [0.29, 0.717) is 0 Å². The normalized spacial score (nSPS) is 22.6. The number of hydrogen-bond donors (Lipinski definition) is 1. The first-order valence-electron chi connectivity index (χ1n) is 4.35. The zero-order valence-electron chi connectivity index (χ0n) is 7.31. The molecule has 0 aliphatic carbocycles. The van der Waals surface area contributed by atoms with Gasteiger partial charge in [-0.15, -0.1) is 0 Å². The van der Waals surface area contributed by atoms with Gasteiger partial charge in [-0.2, -0.15) is 0 Å². The highest BCUT2D eigenvalue weighted by Gasteiger charge is 2.05. The van der Waals surface area contributed by atoms with Gasteiger partial charge in [0, 0.05) is 20.2 Å². The summed E-state index contributed by atoms with van der Waals surface area (Å²) in [7, 11) is 1.76. The van der Waals surface area contributed by atoms with Crippen LogP contribution in [0.1, 0.15) is 12.8 Å². The topological polar surface area (TPSA) is 24.5 Å². The van der Waals surface area contributed by atoms with Gasteiger partial charge in [0.05, 0.1) is 6.73 Å². The molecule has 0 aromatic rings. The number of ether oxygens (including phenoxy) is 1. The van der Waals surface area contributed by atoms with Crippen LogP contribution in [0.4, 0.5) is 0 Å². The summed E-state index contributed by atoms with van der Waals surface area (Å²) in [6.45, 7) is 5.43. The Morgan fingerprint density at radius 1 is 1.27 bits per heavy atom. The van der Waals surface area contributed by atoms with Crippen molar-refractivity contribution in [2.24, 2.45) is 0 Å². The van der Waals surface area contributed by atoms with Gasteiger partial charge in [-0.1, -0.05) is 0 Å². The lowest BCUT2D eigenvalue weighted by Crippen LogP contribution is -2.34. The SMILES string of the molecule is COCN1CCCNCCC1. The van der Waals surface area contributed by atoms with E-state index in [0.717, 1.165) is 19.8 Å². The van der Waals surface area contributed by atoms with Gasteiger partial charge in [0.25, 0.3) is 0 Å². The fourth-order valence-corrected chi connectivity index (χ4v) is 1.40. The molecule has 0 atom stereocenters. The van der Waals surface area contributed by atoms with Crippen LogP contribution >= 0.6 is 0 Å². The Bertz CT molecular complexity index is 90.1. The lowest BCUT2D eigenvalue weighted by atomic mass is 10.3. The van der Waals surface area contributed by atoms with Crippen LogP contribution in [-0.2, 0) is 4.74 Å². The van der Waals surface area contributed by atoms with Crippen molar-refractivity contribution >= 4 is 0 Å². The third kappa shape index (κ3) is 3.70. The molecule has 1 aliphatic heterocycles. The number of nitrogens with zero attached hydrogens (tertiary/aromatic N) is 1. The molecule has 1 aliphatic rings. The second kappa shape index (κ2) is 5.52. The van der Waals surface area contributed by atoms with Crippen LogP contribution in [-0.4, -0.2) is 44.9 Å². The number of methoxy groups -OCH3 is 1. The lowest BCUT2D eigenvalue weighted by Gasteiger charge is -2.23. The Labute approximate surface area is 68.7 Å². The van der Waals surface area contributed by atoms with Gasteiger partial charge in [-0.25, -0.2) is 0 Å². The molecule has 0 bridgehead atoms. The van der Waals surface area contributed by atoms with E-state index in [9.17, 15) is 0 Å². The molecule has 11 heavy (non-hydrogen) atoms. The second-order valence-electron chi connectivity index (χ2n) is 2.99. The molecule has 66 valence electrons. The number of rotatable bonds is 2. The summed E-state index contributed by atoms with van der Waals surface area (Å²) in [6, 6.07) is 0. The Kier molecular flexibility index (Phi) is 4.50. The van der Waals surface area contributed by atoms with Gasteiger partial charge in [0.2, 0.25) is 0 Å². The predicted octanol–water partition coefficient (Wildman–Crippen LogP) is 0.276. The van der Waals surface area contributed by atoms with E-state index in [-0.39, 0.29) is 0 Å². The van der Waals surface area contributed by atoms with Crippen molar-refractivity contribution in [3.8, 4) is 0 Å². The monoisotopic (exact) mass is 158 g/mol. The van der Waals surface area contributed by atoms with Crippen LogP contribution in [0, 0.1) is 0 Å². The Morgan fingerprint density at radius 2 is 1.91 bits per heavy atom. The highest BCUT2D eigenvalue weighted by molar-refractivity contribution is 4.61. The Balaban J connectivity index is 2.15. The summed E-state index contributed by atoms with van der Waals surface area (Å²) in [5, 5.41) is 3.38. The summed E-state index contributed by atoms with van der Waals surface area (Å²) < 4.78 is 5.08. The van der Waals surface area contributed by atoms with Crippen molar-refractivity contribution < 1.29 is 4.74 Å². The Hall–Kier alpha value is -0.120. The first-order chi connectivity index (χ1) is 5.43. The summed E-state index contributed by atoms with van der Waals surface area (Å²) in [5.74, 6) is 0. The van der Waals surface area contributed by atoms with E-state index in [4.69, 9.17) is 4.74 Å². The largest absolute Gasteiger partial charge is 0.369 e. The molecule has 3 heteroatoms. The summed E-state index contributed by atoms with van der Waals surface area (Å²) in [5.41, 5.74) is 0. The van der Waals surface area contributed by atoms with E-state index >= 15 is 0 Å². The fourth-order valence-electron chi connectivity index (χ4n) is 1.40. The van der Waals surface area contributed by atoms with Gasteiger partial charge in [0.1, 0.15) is 0 Å². The molecule has 0 aromatic heterocycles. The van der Waals surface area contributed by atoms with Crippen LogP contribution in [0.2, 0.25) is 0 Å². The maximum atomic E-state index is 5.08. The molecular formula is C8H18N2O. The van der Waals surface area contributed by atoms with E-state index in [1.54, 1.807) is 7.11 Å². The van der Waals surface area contributed by atoms with Crippen LogP contribution in [0.3, 0.4) is 0 Å². The van der Waals surface area contributed by atoms with E-state index in [1.807, 2.05) is 0 Å². The second-order valence-corrected chi connectivity index (χ2v) is 2.99. The molecule has 0 radical (unpaired) electrons. The first-order valence-corrected chi connectivity index (χ1v) is 4.35. The average Bonchev–Trinajstić information content (AvgIpc) is 1.94. The Morgan fingerprint density at radius 3 is 2.45 bits per heavy atom. The molecule has 1 rings (SSSR count). The molecular weight excluding hydrogens is 140 g/mol. The quantitative estimate of drug-likeness (QED) is 0.624. The van der Waals surface area contributed by atoms with E-state index in [2.05, 4.69) is 10.2 Å². The molecule has 1 heterocycles. The highest BCUT2D eigenvalue weighted by Crippen LogP contribution is 1.96. The highest BCUT2D eigenvalue weighted by atomic mass is 16.5. The van der Waals surface area contributed by atoms with Gasteiger partial charge in [-0.3, -0.25) is 4.90 Å². The van der Waals surface area contributed by atoms with Crippen molar-refractivity contribution in [3.05, 3.63) is 0 Å². The maximum Gasteiger partial charge on any atom is 0.0986 e. The molecule has 0 spiro atoms. The zero-order chi connectivity index (χ0) is 7.94. The van der Waals surface area contributed by atoms with Crippen molar-refractivity contribution in [1.82, 2.24) is 10.2 Å². The van der Waals surface area contributed by atoms with Gasteiger partial charge in [-0.05, 0) is 25.9 Å². The molecule has 1 N–H and O–H groups in total. The molecule has 1 fully saturated rings. The molecule has 3 nitrogen and oxygen atoms in total. The van der Waals surface area contributed by atoms with Gasteiger partial charge >= 0.3 is 0 Å². The minimum Gasteiger partial charge on any atom is -0.369 e. The molecule has 1 saturated heterocycles. The maximum absolute atomic E-state index is 5.08. The molecule has 0 amide bonds. The van der Waals surface area contributed by atoms with E-state index in [1.165, 1.54) is 25.9 Å². The predicted molar refractivity (Wildman–Crippen MR) is 45.6 cm³/mol. The summed E-state index contributed by atoms with van der Waals surface area (Å²) >= 11 is 0. The van der Waals surface area contributed by atoms with Crippen molar-refractivity contribution in [3.63, 3.8) is 0 Å². The van der Waals surface area contributed by atoms with Crippen LogP contribution in [0.25, 0.3) is 0 Å². The standard InChI is InChI=1S/C8H18N2O/c1-11-8-10-6-2-4-9-5-3-7-10/h9H,2-8H2,1H3. The van der Waals surface area contributed by atoms with Crippen molar-refractivity contribution in [1.29, 1.82) is 0 Å². The first kappa shape index (κ1) is 8.97. The average molecular weight is 158 g/mol. The lowest BCUT2D eigenvalue weighted by molar-refractivity contribution is 0.0591. The smallest absolute Gasteiger partial charge is 0.0986 e. The van der Waals surface area contributed by atoms with Gasteiger partial charge < -0.3 is 10.1 Å². The summed E-state index contributed by atoms with van der Waals surface area (Å²) in [4.78, 5) is 2.36. The van der Waals surface area contributed by atoms with Gasteiger partial charge in [0.15, 0.2) is 0 Å². The molecule has 0 unspecified atom stereocenters. The third-order valence-electron chi connectivity index (χ3n) is 1.97. The van der Waals surface area contributed by atoms with Crippen molar-refractivity contribution in [2.75, 3.05) is 40.0 Å². The van der Waals surface area contributed by atoms with Crippen LogP contribution < -0.4 is 5.32 Å². The zero-order valence-corrected chi connectivity index (χ0v) is 7.31. The number of nitrogens with one attached hydrogen (secondary N) is 1. The summed E-state index contributed by atoms with van der Waals surface area (Å²) in [6.07, 6.45) is 2.48.